The maximum atomic E-state index is 13.2. The number of nitrogens with one attached hydrogen (secondary N) is 1. The first kappa shape index (κ1) is 20.2. The summed E-state index contributed by atoms with van der Waals surface area (Å²) in [7, 11) is 1.53. The molecule has 1 fully saturated rings. The summed E-state index contributed by atoms with van der Waals surface area (Å²) in [5.41, 5.74) is 2.36. The molecule has 1 heterocycles. The van der Waals surface area contributed by atoms with Gasteiger partial charge in [-0.25, -0.2) is 4.99 Å². The summed E-state index contributed by atoms with van der Waals surface area (Å²) >= 11 is 0. The van der Waals surface area contributed by atoms with Crippen LogP contribution in [0.1, 0.15) is 39.2 Å². The lowest BCUT2D eigenvalue weighted by atomic mass is 9.68. The minimum absolute atomic E-state index is 0.0512. The van der Waals surface area contributed by atoms with Gasteiger partial charge in [0.2, 0.25) is 11.8 Å². The second-order valence-electron chi connectivity index (χ2n) is 8.15. The molecule has 9 heteroatoms. The molecule has 2 aliphatic rings. The van der Waals surface area contributed by atoms with Crippen molar-refractivity contribution in [2.24, 2.45) is 21.6 Å². The molecule has 1 aliphatic heterocycles. The summed E-state index contributed by atoms with van der Waals surface area (Å²) in [6, 6.07) is 6.37. The number of hydrogen-bond donors (Lipinski definition) is 2. The Labute approximate surface area is 161 Å². The van der Waals surface area contributed by atoms with Crippen LogP contribution in [0.4, 0.5) is 18.9 Å². The number of rotatable bonds is 3. The molecule has 0 spiro atoms. The van der Waals surface area contributed by atoms with Crippen LogP contribution < -0.4 is 11.1 Å². The Bertz CT molecular complexity index is 874. The van der Waals surface area contributed by atoms with Gasteiger partial charge < -0.3 is 11.1 Å². The number of guanidine groups is 1. The number of benzene rings is 1. The largest absolute Gasteiger partial charge is 0.403 e. The van der Waals surface area contributed by atoms with E-state index in [2.05, 4.69) is 10.3 Å². The fraction of sp³-hybridized carbons (Fsp3) is 0.526. The average molecular weight is 396 g/mol. The predicted molar refractivity (Wildman–Crippen MR) is 98.3 cm³/mol. The van der Waals surface area contributed by atoms with Crippen molar-refractivity contribution in [2.45, 2.75) is 45.3 Å². The molecule has 0 saturated heterocycles. The van der Waals surface area contributed by atoms with Crippen molar-refractivity contribution in [2.75, 3.05) is 12.4 Å². The number of anilines is 1. The number of hydrogen-bond acceptors (Lipinski definition) is 4. The topological polar surface area (TPSA) is 87.8 Å². The summed E-state index contributed by atoms with van der Waals surface area (Å²) < 4.78 is 39.5. The summed E-state index contributed by atoms with van der Waals surface area (Å²) in [6.45, 7) is 5.20. The first-order valence-electron chi connectivity index (χ1n) is 8.88. The maximum absolute atomic E-state index is 13.2. The SMILES string of the molecule is CN1C(=O)C(C)(C)[C@@](C)(c2cccc(NC(=O)C3(C(F)(F)F)CC3)c2)N=C1N. The van der Waals surface area contributed by atoms with Crippen LogP contribution in [0, 0.1) is 10.8 Å². The van der Waals surface area contributed by atoms with Crippen LogP contribution in [0.15, 0.2) is 29.3 Å². The van der Waals surface area contributed by atoms with E-state index in [9.17, 15) is 22.8 Å². The number of amides is 2. The number of nitrogens with two attached hydrogens (primary N) is 1. The Balaban J connectivity index is 1.96. The van der Waals surface area contributed by atoms with E-state index in [4.69, 9.17) is 5.73 Å². The highest BCUT2D eigenvalue weighted by Crippen LogP contribution is 2.58. The monoisotopic (exact) mass is 396 g/mol. The number of aliphatic imine (C=N–C) groups is 1. The van der Waals surface area contributed by atoms with Crippen LogP contribution in [0.25, 0.3) is 0 Å². The smallest absolute Gasteiger partial charge is 0.369 e. The van der Waals surface area contributed by atoms with E-state index < -0.39 is 28.5 Å². The lowest BCUT2D eigenvalue weighted by molar-refractivity contribution is -0.189. The van der Waals surface area contributed by atoms with Gasteiger partial charge in [-0.1, -0.05) is 12.1 Å². The molecule has 1 aromatic rings. The highest BCUT2D eigenvalue weighted by Gasteiger charge is 2.68. The van der Waals surface area contributed by atoms with E-state index in [-0.39, 0.29) is 30.4 Å². The van der Waals surface area contributed by atoms with Crippen LogP contribution in [-0.2, 0) is 15.1 Å². The Morgan fingerprint density at radius 2 is 1.86 bits per heavy atom. The van der Waals surface area contributed by atoms with Crippen molar-refractivity contribution in [3.05, 3.63) is 29.8 Å². The molecule has 1 aromatic carbocycles. The van der Waals surface area contributed by atoms with Gasteiger partial charge >= 0.3 is 6.18 Å². The molecule has 0 unspecified atom stereocenters. The maximum Gasteiger partial charge on any atom is 0.403 e. The van der Waals surface area contributed by atoms with Crippen LogP contribution in [0.5, 0.6) is 0 Å². The van der Waals surface area contributed by atoms with Gasteiger partial charge in [0.1, 0.15) is 11.0 Å². The highest BCUT2D eigenvalue weighted by atomic mass is 19.4. The Hall–Kier alpha value is -2.58. The zero-order valence-electron chi connectivity index (χ0n) is 16.1. The molecule has 3 rings (SSSR count). The fourth-order valence-electron chi connectivity index (χ4n) is 3.52. The van der Waals surface area contributed by atoms with Crippen LogP contribution in [0.3, 0.4) is 0 Å². The van der Waals surface area contributed by atoms with E-state index in [0.717, 1.165) is 0 Å². The van der Waals surface area contributed by atoms with Crippen molar-refractivity contribution in [3.8, 4) is 0 Å². The van der Waals surface area contributed by atoms with Gasteiger partial charge in [0.05, 0.1) is 5.41 Å². The molecule has 2 amide bonds. The van der Waals surface area contributed by atoms with Crippen LogP contribution in [0.2, 0.25) is 0 Å². The van der Waals surface area contributed by atoms with Gasteiger partial charge in [-0.2, -0.15) is 13.2 Å². The van der Waals surface area contributed by atoms with Gasteiger partial charge in [0.15, 0.2) is 5.96 Å². The van der Waals surface area contributed by atoms with E-state index in [1.807, 2.05) is 0 Å². The first-order valence-corrected chi connectivity index (χ1v) is 8.88. The minimum Gasteiger partial charge on any atom is -0.369 e. The Morgan fingerprint density at radius 1 is 1.25 bits per heavy atom. The molecule has 152 valence electrons. The number of carbonyl (C=O) groups is 2. The standard InChI is InChI=1S/C19H23F3N4O2/c1-16(2)14(28)26(4)15(23)25-17(16,3)11-6-5-7-12(10-11)24-13(27)18(8-9-18)19(20,21)22/h5-7,10H,8-9H2,1-4H3,(H2,23,25)(H,24,27)/t17-/m1/s1. The van der Waals surface area contributed by atoms with Crippen LogP contribution >= 0.6 is 0 Å². The minimum atomic E-state index is -4.58. The van der Waals surface area contributed by atoms with Crippen molar-refractivity contribution < 1.29 is 22.8 Å². The molecule has 1 atom stereocenters. The predicted octanol–water partition coefficient (Wildman–Crippen LogP) is 3.00. The number of halogens is 3. The van der Waals surface area contributed by atoms with Crippen molar-refractivity contribution in [3.63, 3.8) is 0 Å². The zero-order chi connectivity index (χ0) is 21.1. The molecule has 28 heavy (non-hydrogen) atoms. The molecule has 6 nitrogen and oxygen atoms in total. The van der Waals surface area contributed by atoms with Crippen molar-refractivity contribution in [1.29, 1.82) is 0 Å². The van der Waals surface area contributed by atoms with Gasteiger partial charge in [-0.15, -0.1) is 0 Å². The van der Waals surface area contributed by atoms with E-state index in [0.29, 0.717) is 5.56 Å². The summed E-state index contributed by atoms with van der Waals surface area (Å²) in [5, 5.41) is 2.37. The number of nitrogens with zero attached hydrogens (tertiary/aromatic N) is 2. The molecule has 0 radical (unpaired) electrons. The van der Waals surface area contributed by atoms with Gasteiger partial charge in [-0.05, 0) is 51.3 Å². The first-order chi connectivity index (χ1) is 12.8. The molecule has 0 aromatic heterocycles. The van der Waals surface area contributed by atoms with E-state index >= 15 is 0 Å². The van der Waals surface area contributed by atoms with E-state index in [1.54, 1.807) is 39.0 Å². The molecular weight excluding hydrogens is 373 g/mol. The normalized spacial score (nSPS) is 25.9. The molecule has 1 saturated carbocycles. The Kier molecular flexibility index (Phi) is 4.29. The van der Waals surface area contributed by atoms with Crippen molar-refractivity contribution in [1.82, 2.24) is 4.90 Å². The summed E-state index contributed by atoms with van der Waals surface area (Å²) in [6.07, 6.45) is -5.01. The number of carbonyl (C=O) groups excluding carboxylic acids is 2. The molecule has 0 bridgehead atoms. The fourth-order valence-corrected chi connectivity index (χ4v) is 3.52. The second kappa shape index (κ2) is 5.96. The molecular formula is C19H23F3N4O2. The third-order valence-corrected chi connectivity index (χ3v) is 6.15. The lowest BCUT2D eigenvalue weighted by Gasteiger charge is -2.46. The third kappa shape index (κ3) is 2.75. The average Bonchev–Trinajstić information content (AvgIpc) is 3.41. The number of alkyl halides is 3. The summed E-state index contributed by atoms with van der Waals surface area (Å²) in [5.74, 6) is -1.25. The zero-order valence-corrected chi connectivity index (χ0v) is 16.1. The molecule has 1 aliphatic carbocycles. The van der Waals surface area contributed by atoms with E-state index in [1.165, 1.54) is 18.0 Å². The van der Waals surface area contributed by atoms with Gasteiger partial charge in [0.25, 0.3) is 0 Å². The lowest BCUT2D eigenvalue weighted by Crippen LogP contribution is -2.58. The quantitative estimate of drug-likeness (QED) is 0.823. The van der Waals surface area contributed by atoms with Gasteiger partial charge in [0, 0.05) is 12.7 Å². The second-order valence-corrected chi connectivity index (χ2v) is 8.15. The molecule has 3 N–H and O–H groups in total. The summed E-state index contributed by atoms with van der Waals surface area (Å²) in [4.78, 5) is 30.7. The van der Waals surface area contributed by atoms with Crippen LogP contribution in [-0.4, -0.2) is 35.9 Å². The third-order valence-electron chi connectivity index (χ3n) is 6.15. The highest BCUT2D eigenvalue weighted by molar-refractivity contribution is 6.02. The Morgan fingerprint density at radius 3 is 2.39 bits per heavy atom. The van der Waals surface area contributed by atoms with Crippen molar-refractivity contribution >= 4 is 23.5 Å². The van der Waals surface area contributed by atoms with Gasteiger partial charge in [-0.3, -0.25) is 14.5 Å².